The standard InChI is InChI=1S/C12H13BrN4O2/c1-7(2)17-10(3-4-16-17)19-9-5-8(13)6-15-11(9)12(14)18/h3-7H,1-2H3,(H2,14,18). The number of nitrogens with zero attached hydrogens (tertiary/aromatic N) is 3. The van der Waals surface area contributed by atoms with E-state index in [-0.39, 0.29) is 11.7 Å². The van der Waals surface area contributed by atoms with Crippen LogP contribution in [0, 0.1) is 0 Å². The quantitative estimate of drug-likeness (QED) is 0.936. The molecule has 0 bridgehead atoms. The Morgan fingerprint density at radius 2 is 2.26 bits per heavy atom. The van der Waals surface area contributed by atoms with E-state index >= 15 is 0 Å². The summed E-state index contributed by atoms with van der Waals surface area (Å²) in [5.41, 5.74) is 5.36. The van der Waals surface area contributed by atoms with Crippen molar-refractivity contribution in [2.24, 2.45) is 5.73 Å². The summed E-state index contributed by atoms with van der Waals surface area (Å²) in [6.07, 6.45) is 3.12. The number of hydrogen-bond acceptors (Lipinski definition) is 4. The largest absolute Gasteiger partial charge is 0.437 e. The number of pyridine rings is 1. The molecule has 0 fully saturated rings. The minimum Gasteiger partial charge on any atom is -0.437 e. The first kappa shape index (κ1) is 13.5. The molecule has 0 unspecified atom stereocenters. The molecule has 2 aromatic heterocycles. The molecule has 2 heterocycles. The van der Waals surface area contributed by atoms with Gasteiger partial charge in [0.05, 0.1) is 12.2 Å². The van der Waals surface area contributed by atoms with Gasteiger partial charge in [-0.05, 0) is 35.8 Å². The molecular weight excluding hydrogens is 312 g/mol. The van der Waals surface area contributed by atoms with Crippen LogP contribution in [-0.4, -0.2) is 20.7 Å². The molecule has 100 valence electrons. The molecule has 6 nitrogen and oxygen atoms in total. The van der Waals surface area contributed by atoms with E-state index in [9.17, 15) is 4.79 Å². The van der Waals surface area contributed by atoms with Crippen LogP contribution < -0.4 is 10.5 Å². The number of amides is 1. The molecule has 0 aliphatic heterocycles. The maximum Gasteiger partial charge on any atom is 0.271 e. The van der Waals surface area contributed by atoms with Gasteiger partial charge in [0, 0.05) is 16.7 Å². The lowest BCUT2D eigenvalue weighted by Crippen LogP contribution is -2.15. The number of rotatable bonds is 4. The van der Waals surface area contributed by atoms with E-state index in [2.05, 4.69) is 26.0 Å². The van der Waals surface area contributed by atoms with Crippen LogP contribution in [0.2, 0.25) is 0 Å². The Morgan fingerprint density at radius 1 is 1.53 bits per heavy atom. The maximum atomic E-state index is 11.3. The summed E-state index contributed by atoms with van der Waals surface area (Å²) in [4.78, 5) is 15.3. The van der Waals surface area contributed by atoms with E-state index in [4.69, 9.17) is 10.5 Å². The van der Waals surface area contributed by atoms with E-state index in [1.165, 1.54) is 6.20 Å². The lowest BCUT2D eigenvalue weighted by molar-refractivity contribution is 0.0993. The van der Waals surface area contributed by atoms with Crippen LogP contribution in [0.3, 0.4) is 0 Å². The fourth-order valence-corrected chi connectivity index (χ4v) is 1.88. The molecule has 1 amide bonds. The Hall–Kier alpha value is -1.89. The third kappa shape index (κ3) is 2.93. The predicted molar refractivity (Wildman–Crippen MR) is 73.1 cm³/mol. The van der Waals surface area contributed by atoms with Crippen molar-refractivity contribution in [3.63, 3.8) is 0 Å². The van der Waals surface area contributed by atoms with Crippen LogP contribution in [0.5, 0.6) is 11.6 Å². The van der Waals surface area contributed by atoms with Gasteiger partial charge >= 0.3 is 0 Å². The van der Waals surface area contributed by atoms with Crippen molar-refractivity contribution in [2.75, 3.05) is 0 Å². The van der Waals surface area contributed by atoms with Gasteiger partial charge in [0.25, 0.3) is 5.91 Å². The molecule has 0 atom stereocenters. The van der Waals surface area contributed by atoms with Crippen LogP contribution in [-0.2, 0) is 0 Å². The zero-order chi connectivity index (χ0) is 14.0. The van der Waals surface area contributed by atoms with Crippen LogP contribution in [0.4, 0.5) is 0 Å². The average molecular weight is 325 g/mol. The molecule has 0 radical (unpaired) electrons. The van der Waals surface area contributed by atoms with Crippen molar-refractivity contribution < 1.29 is 9.53 Å². The summed E-state index contributed by atoms with van der Waals surface area (Å²) >= 11 is 3.28. The van der Waals surface area contributed by atoms with Crippen LogP contribution >= 0.6 is 15.9 Å². The number of ether oxygens (including phenoxy) is 1. The van der Waals surface area contributed by atoms with Gasteiger partial charge in [-0.25, -0.2) is 9.67 Å². The third-order valence-electron chi connectivity index (χ3n) is 2.39. The zero-order valence-corrected chi connectivity index (χ0v) is 12.1. The first-order chi connectivity index (χ1) is 8.99. The molecule has 0 aliphatic rings. The van der Waals surface area contributed by atoms with Crippen molar-refractivity contribution in [2.45, 2.75) is 19.9 Å². The number of nitrogens with two attached hydrogens (primary N) is 1. The van der Waals surface area contributed by atoms with Gasteiger partial charge in [-0.2, -0.15) is 5.10 Å². The van der Waals surface area contributed by atoms with Gasteiger partial charge in [0.2, 0.25) is 5.88 Å². The van der Waals surface area contributed by atoms with Crippen LogP contribution in [0.15, 0.2) is 29.0 Å². The van der Waals surface area contributed by atoms with Crippen molar-refractivity contribution >= 4 is 21.8 Å². The smallest absolute Gasteiger partial charge is 0.271 e. The monoisotopic (exact) mass is 324 g/mol. The maximum absolute atomic E-state index is 11.3. The second-order valence-electron chi connectivity index (χ2n) is 4.17. The molecule has 0 aromatic carbocycles. The van der Waals surface area contributed by atoms with Crippen LogP contribution in [0.25, 0.3) is 0 Å². The fraction of sp³-hybridized carbons (Fsp3) is 0.250. The predicted octanol–water partition coefficient (Wildman–Crippen LogP) is 2.51. The van der Waals surface area contributed by atoms with E-state index in [1.54, 1.807) is 23.0 Å². The number of halogens is 1. The van der Waals surface area contributed by atoms with Crippen molar-refractivity contribution in [3.05, 3.63) is 34.7 Å². The number of carbonyl (C=O) groups is 1. The van der Waals surface area contributed by atoms with Gasteiger partial charge in [-0.15, -0.1) is 0 Å². The summed E-state index contributed by atoms with van der Waals surface area (Å²) in [7, 11) is 0. The Bertz CT molecular complexity index is 610. The van der Waals surface area contributed by atoms with E-state index in [0.29, 0.717) is 16.1 Å². The van der Waals surface area contributed by atoms with Crippen LogP contribution in [0.1, 0.15) is 30.4 Å². The first-order valence-electron chi connectivity index (χ1n) is 5.65. The Labute approximate surface area is 118 Å². The van der Waals surface area contributed by atoms with Crippen molar-refractivity contribution in [1.29, 1.82) is 0 Å². The summed E-state index contributed by atoms with van der Waals surface area (Å²) in [6.45, 7) is 3.96. The molecule has 2 rings (SSSR count). The molecule has 7 heteroatoms. The average Bonchev–Trinajstić information content (AvgIpc) is 2.76. The molecule has 0 aliphatic carbocycles. The fourth-order valence-electron chi connectivity index (χ4n) is 1.57. The Kier molecular flexibility index (Phi) is 3.84. The topological polar surface area (TPSA) is 83.0 Å². The lowest BCUT2D eigenvalue weighted by Gasteiger charge is -2.13. The number of primary amides is 1. The summed E-state index contributed by atoms with van der Waals surface area (Å²) in [6, 6.07) is 3.50. The van der Waals surface area contributed by atoms with Gasteiger partial charge in [-0.1, -0.05) is 0 Å². The molecule has 0 saturated carbocycles. The number of aromatic nitrogens is 3. The molecular formula is C12H13BrN4O2. The van der Waals surface area contributed by atoms with Gasteiger partial charge in [0.15, 0.2) is 11.4 Å². The highest BCUT2D eigenvalue weighted by Crippen LogP contribution is 2.28. The SMILES string of the molecule is CC(C)n1nccc1Oc1cc(Br)cnc1C(N)=O. The molecule has 0 saturated heterocycles. The van der Waals surface area contributed by atoms with Gasteiger partial charge in [-0.3, -0.25) is 4.79 Å². The zero-order valence-electron chi connectivity index (χ0n) is 10.5. The highest BCUT2D eigenvalue weighted by Gasteiger charge is 2.15. The summed E-state index contributed by atoms with van der Waals surface area (Å²) in [5, 5.41) is 4.15. The Morgan fingerprint density at radius 3 is 2.89 bits per heavy atom. The Balaban J connectivity index is 2.40. The molecule has 0 spiro atoms. The molecule has 19 heavy (non-hydrogen) atoms. The van der Waals surface area contributed by atoms with E-state index in [1.807, 2.05) is 13.8 Å². The molecule has 2 N–H and O–H groups in total. The van der Waals surface area contributed by atoms with Gasteiger partial charge in [0.1, 0.15) is 0 Å². The highest BCUT2D eigenvalue weighted by molar-refractivity contribution is 9.10. The van der Waals surface area contributed by atoms with Gasteiger partial charge < -0.3 is 10.5 Å². The normalized spacial score (nSPS) is 10.7. The van der Waals surface area contributed by atoms with Crippen molar-refractivity contribution in [1.82, 2.24) is 14.8 Å². The van der Waals surface area contributed by atoms with E-state index < -0.39 is 5.91 Å². The summed E-state index contributed by atoms with van der Waals surface area (Å²) < 4.78 is 8.09. The second kappa shape index (κ2) is 5.40. The molecule has 2 aromatic rings. The summed E-state index contributed by atoms with van der Waals surface area (Å²) in [5.74, 6) is 0.180. The van der Waals surface area contributed by atoms with E-state index in [0.717, 1.165) is 0 Å². The minimum atomic E-state index is -0.641. The third-order valence-corrected chi connectivity index (χ3v) is 2.82. The lowest BCUT2D eigenvalue weighted by atomic mass is 10.3. The first-order valence-corrected chi connectivity index (χ1v) is 6.45. The minimum absolute atomic E-state index is 0.0831. The highest BCUT2D eigenvalue weighted by atomic mass is 79.9. The number of carbonyl (C=O) groups excluding carboxylic acids is 1. The second-order valence-corrected chi connectivity index (χ2v) is 5.09. The van der Waals surface area contributed by atoms with Crippen molar-refractivity contribution in [3.8, 4) is 11.6 Å². The number of hydrogen-bond donors (Lipinski definition) is 1.